The number of ether oxygens (including phenoxy) is 2. The van der Waals surface area contributed by atoms with Crippen molar-refractivity contribution in [3.63, 3.8) is 0 Å². The maximum absolute atomic E-state index is 11.7. The van der Waals surface area contributed by atoms with Crippen LogP contribution in [0.5, 0.6) is 0 Å². The molecule has 6 heteroatoms. The van der Waals surface area contributed by atoms with Gasteiger partial charge in [0.1, 0.15) is 12.2 Å². The van der Waals surface area contributed by atoms with Gasteiger partial charge in [0.25, 0.3) is 0 Å². The maximum Gasteiger partial charge on any atom is 0.408 e. The fourth-order valence-corrected chi connectivity index (χ4v) is 1.46. The molecular formula is C15H21NO5. The summed E-state index contributed by atoms with van der Waals surface area (Å²) in [6.07, 6.45) is -0.788. The minimum Gasteiger partial charge on any atom is -0.458 e. The molecule has 1 aromatic carbocycles. The Morgan fingerprint density at radius 1 is 1.24 bits per heavy atom. The summed E-state index contributed by atoms with van der Waals surface area (Å²) in [5, 5.41) is 11.4. The number of carbonyl (C=O) groups is 2. The topological polar surface area (TPSA) is 84.9 Å². The Bertz CT molecular complexity index is 467. The first-order valence-corrected chi connectivity index (χ1v) is 6.63. The van der Waals surface area contributed by atoms with Crippen molar-refractivity contribution in [1.29, 1.82) is 0 Å². The van der Waals surface area contributed by atoms with Crippen molar-refractivity contribution in [2.45, 2.75) is 39.0 Å². The third kappa shape index (κ3) is 6.76. The summed E-state index contributed by atoms with van der Waals surface area (Å²) < 4.78 is 10.1. The molecule has 0 spiro atoms. The average Bonchev–Trinajstić information content (AvgIpc) is 2.41. The lowest BCUT2D eigenvalue weighted by molar-refractivity contribution is -0.158. The molecule has 0 bridgehead atoms. The average molecular weight is 295 g/mol. The van der Waals surface area contributed by atoms with Crippen LogP contribution < -0.4 is 5.32 Å². The third-order valence-corrected chi connectivity index (χ3v) is 2.38. The van der Waals surface area contributed by atoms with Crippen LogP contribution in [-0.4, -0.2) is 35.4 Å². The minimum atomic E-state index is -1.15. The highest BCUT2D eigenvalue weighted by molar-refractivity contribution is 5.81. The summed E-state index contributed by atoms with van der Waals surface area (Å²) in [6, 6.07) is 7.98. The predicted molar refractivity (Wildman–Crippen MR) is 76.5 cm³/mol. The van der Waals surface area contributed by atoms with E-state index in [9.17, 15) is 9.59 Å². The minimum absolute atomic E-state index is 0.0825. The largest absolute Gasteiger partial charge is 0.458 e. The quantitative estimate of drug-likeness (QED) is 0.806. The smallest absolute Gasteiger partial charge is 0.408 e. The van der Waals surface area contributed by atoms with Crippen LogP contribution in [0.4, 0.5) is 4.79 Å². The molecule has 0 radical (unpaired) electrons. The van der Waals surface area contributed by atoms with Gasteiger partial charge in [-0.25, -0.2) is 9.59 Å². The Kier molecular flexibility index (Phi) is 6.17. The second kappa shape index (κ2) is 7.64. The molecule has 6 nitrogen and oxygen atoms in total. The van der Waals surface area contributed by atoms with Crippen LogP contribution in [0.1, 0.15) is 26.3 Å². The van der Waals surface area contributed by atoms with E-state index in [0.717, 1.165) is 5.56 Å². The SMILES string of the molecule is CC(C)(C)OC(=O)[C@H](CO)NC(=O)OCc1ccccc1. The lowest BCUT2D eigenvalue weighted by Gasteiger charge is -2.23. The zero-order chi connectivity index (χ0) is 15.9. The molecule has 1 amide bonds. The van der Waals surface area contributed by atoms with Crippen molar-refractivity contribution < 1.29 is 24.2 Å². The van der Waals surface area contributed by atoms with Gasteiger partial charge >= 0.3 is 12.1 Å². The number of hydrogen-bond donors (Lipinski definition) is 2. The molecule has 0 unspecified atom stereocenters. The molecule has 1 atom stereocenters. The zero-order valence-corrected chi connectivity index (χ0v) is 12.5. The fraction of sp³-hybridized carbons (Fsp3) is 0.467. The number of alkyl carbamates (subject to hydrolysis) is 1. The number of rotatable bonds is 5. The van der Waals surface area contributed by atoms with Crippen molar-refractivity contribution in [3.8, 4) is 0 Å². The van der Waals surface area contributed by atoms with E-state index in [2.05, 4.69) is 5.32 Å². The highest BCUT2D eigenvalue weighted by atomic mass is 16.6. The lowest BCUT2D eigenvalue weighted by Crippen LogP contribution is -2.46. The summed E-state index contributed by atoms with van der Waals surface area (Å²) in [5.74, 6) is -0.707. The molecule has 0 saturated heterocycles. The summed E-state index contributed by atoms with van der Waals surface area (Å²) >= 11 is 0. The van der Waals surface area contributed by atoms with Crippen LogP contribution in [-0.2, 0) is 20.9 Å². The Morgan fingerprint density at radius 2 is 1.86 bits per heavy atom. The van der Waals surface area contributed by atoms with E-state index in [1.54, 1.807) is 20.8 Å². The molecule has 21 heavy (non-hydrogen) atoms. The predicted octanol–water partition coefficient (Wildman–Crippen LogP) is 1.62. The van der Waals surface area contributed by atoms with Crippen molar-refractivity contribution in [1.82, 2.24) is 5.32 Å². The Labute approximate surface area is 124 Å². The van der Waals surface area contributed by atoms with Crippen molar-refractivity contribution in [3.05, 3.63) is 35.9 Å². The van der Waals surface area contributed by atoms with Gasteiger partial charge in [-0.2, -0.15) is 0 Å². The number of nitrogens with one attached hydrogen (secondary N) is 1. The standard InChI is InChI=1S/C15H21NO5/c1-15(2,3)21-13(18)12(9-17)16-14(19)20-10-11-7-5-4-6-8-11/h4-8,12,17H,9-10H2,1-3H3,(H,16,19)/t12-/m0/s1. The van der Waals surface area contributed by atoms with E-state index in [0.29, 0.717) is 0 Å². The van der Waals surface area contributed by atoms with Crippen LogP contribution in [0.3, 0.4) is 0 Å². The van der Waals surface area contributed by atoms with Crippen LogP contribution >= 0.6 is 0 Å². The van der Waals surface area contributed by atoms with Gasteiger partial charge in [-0.15, -0.1) is 0 Å². The molecule has 0 fully saturated rings. The summed E-state index contributed by atoms with van der Waals surface area (Å²) in [4.78, 5) is 23.4. The normalized spacial score (nSPS) is 12.4. The molecule has 1 rings (SSSR count). The molecule has 0 aliphatic carbocycles. The Hall–Kier alpha value is -2.08. The van der Waals surface area contributed by atoms with Gasteiger partial charge < -0.3 is 19.9 Å². The number of benzene rings is 1. The number of aliphatic hydroxyl groups is 1. The monoisotopic (exact) mass is 295 g/mol. The fourth-order valence-electron chi connectivity index (χ4n) is 1.46. The number of amides is 1. The first-order chi connectivity index (χ1) is 9.81. The number of aliphatic hydroxyl groups excluding tert-OH is 1. The zero-order valence-electron chi connectivity index (χ0n) is 12.5. The number of hydrogen-bond acceptors (Lipinski definition) is 5. The van der Waals surface area contributed by atoms with E-state index in [1.165, 1.54) is 0 Å². The molecule has 0 aromatic heterocycles. The van der Waals surface area contributed by atoms with Gasteiger partial charge in [-0.1, -0.05) is 30.3 Å². The molecule has 0 aliphatic rings. The van der Waals surface area contributed by atoms with Gasteiger partial charge in [0.05, 0.1) is 6.61 Å². The van der Waals surface area contributed by atoms with E-state index in [4.69, 9.17) is 14.6 Å². The van der Waals surface area contributed by atoms with E-state index in [1.807, 2.05) is 30.3 Å². The van der Waals surface area contributed by atoms with Crippen molar-refractivity contribution in [2.24, 2.45) is 0 Å². The highest BCUT2D eigenvalue weighted by Crippen LogP contribution is 2.08. The highest BCUT2D eigenvalue weighted by Gasteiger charge is 2.26. The molecule has 0 saturated carbocycles. The maximum atomic E-state index is 11.7. The lowest BCUT2D eigenvalue weighted by atomic mass is 10.2. The first kappa shape index (κ1) is 17.0. The van der Waals surface area contributed by atoms with Crippen LogP contribution in [0.15, 0.2) is 30.3 Å². The van der Waals surface area contributed by atoms with Crippen LogP contribution in [0.2, 0.25) is 0 Å². The summed E-state index contributed by atoms with van der Waals surface area (Å²) in [6.45, 7) is 4.63. The Balaban J connectivity index is 2.45. The van der Waals surface area contributed by atoms with E-state index in [-0.39, 0.29) is 6.61 Å². The third-order valence-electron chi connectivity index (χ3n) is 2.38. The summed E-state index contributed by atoms with van der Waals surface area (Å²) in [5.41, 5.74) is 0.130. The van der Waals surface area contributed by atoms with Gasteiger partial charge in [0.2, 0.25) is 0 Å². The van der Waals surface area contributed by atoms with Gasteiger partial charge in [-0.05, 0) is 26.3 Å². The van der Waals surface area contributed by atoms with Gasteiger partial charge in [-0.3, -0.25) is 0 Å². The Morgan fingerprint density at radius 3 is 2.38 bits per heavy atom. The molecule has 0 heterocycles. The molecule has 116 valence electrons. The number of esters is 1. The summed E-state index contributed by atoms with van der Waals surface area (Å²) in [7, 11) is 0. The number of carbonyl (C=O) groups excluding carboxylic acids is 2. The molecule has 2 N–H and O–H groups in total. The first-order valence-electron chi connectivity index (χ1n) is 6.63. The van der Waals surface area contributed by atoms with Crippen molar-refractivity contribution in [2.75, 3.05) is 6.61 Å². The van der Waals surface area contributed by atoms with E-state index < -0.39 is 30.3 Å². The molecular weight excluding hydrogens is 274 g/mol. The van der Waals surface area contributed by atoms with Crippen LogP contribution in [0, 0.1) is 0 Å². The second-order valence-corrected chi connectivity index (χ2v) is 5.47. The van der Waals surface area contributed by atoms with Gasteiger partial charge in [0, 0.05) is 0 Å². The molecule has 1 aromatic rings. The van der Waals surface area contributed by atoms with Crippen LogP contribution in [0.25, 0.3) is 0 Å². The van der Waals surface area contributed by atoms with Gasteiger partial charge in [0.15, 0.2) is 6.04 Å². The van der Waals surface area contributed by atoms with Crippen molar-refractivity contribution >= 4 is 12.1 Å². The second-order valence-electron chi connectivity index (χ2n) is 5.47. The van der Waals surface area contributed by atoms with E-state index >= 15 is 0 Å². The molecule has 0 aliphatic heterocycles.